The molecule has 10 heteroatoms. The van der Waals surface area contributed by atoms with Gasteiger partial charge in [0.25, 0.3) is 7.82 Å². The van der Waals surface area contributed by atoms with Crippen LogP contribution in [0.2, 0.25) is 0 Å². The van der Waals surface area contributed by atoms with E-state index in [1.165, 1.54) is 37.1 Å². The van der Waals surface area contributed by atoms with Gasteiger partial charge >= 0.3 is 35.5 Å². The second-order valence-electron chi connectivity index (χ2n) is 7.57. The van der Waals surface area contributed by atoms with Gasteiger partial charge in [-0.2, -0.15) is 0 Å². The molecule has 0 fully saturated rings. The average molecular weight is 492 g/mol. The Bertz CT molecular complexity index is 756. The predicted octanol–water partition coefficient (Wildman–Crippen LogP) is -0.129. The second kappa shape index (κ2) is 17.6. The molecule has 1 rings (SSSR count). The Morgan fingerprint density at radius 3 is 2.61 bits per heavy atom. The summed E-state index contributed by atoms with van der Waals surface area (Å²) in [5.41, 5.74) is 0. The summed E-state index contributed by atoms with van der Waals surface area (Å²) in [5.74, 6) is -1.29. The first-order chi connectivity index (χ1) is 15.1. The first-order valence-electron chi connectivity index (χ1n) is 10.8. The Morgan fingerprint density at radius 1 is 1.24 bits per heavy atom. The summed E-state index contributed by atoms with van der Waals surface area (Å²) in [6.07, 6.45) is 16.5. The van der Waals surface area contributed by atoms with E-state index in [0.717, 1.165) is 18.9 Å². The maximum absolute atomic E-state index is 11.3. The van der Waals surface area contributed by atoms with Crippen LogP contribution in [0.15, 0.2) is 60.8 Å². The van der Waals surface area contributed by atoms with Crippen LogP contribution in [0.25, 0.3) is 0 Å². The number of esters is 1. The number of hydrogen-bond donors (Lipinski definition) is 3. The average Bonchev–Trinajstić information content (AvgIpc) is 2.72. The van der Waals surface area contributed by atoms with Crippen molar-refractivity contribution in [2.75, 3.05) is 0 Å². The molecular formula is C23H34NaO8P. The normalized spacial score (nSPS) is 23.6. The number of hydrogen-bond acceptors (Lipinski definition) is 7. The molecule has 3 N–H and O–H groups in total. The van der Waals surface area contributed by atoms with Crippen LogP contribution in [0.3, 0.4) is 0 Å². The van der Waals surface area contributed by atoms with Gasteiger partial charge in [-0.05, 0) is 31.4 Å². The van der Waals surface area contributed by atoms with Crippen molar-refractivity contribution in [1.29, 1.82) is 0 Å². The van der Waals surface area contributed by atoms with Crippen LogP contribution in [0.5, 0.6) is 0 Å². The quantitative estimate of drug-likeness (QED) is 0.0762. The Hall–Kier alpha value is -0.800. The molecule has 0 spiro atoms. The first-order valence-corrected chi connectivity index (χ1v) is 12.3. The molecule has 0 aromatic rings. The minimum absolute atomic E-state index is 0. The fraction of sp³-hybridized carbons (Fsp3) is 0.522. The molecule has 8 nitrogen and oxygen atoms in total. The van der Waals surface area contributed by atoms with Gasteiger partial charge < -0.3 is 29.3 Å². The third-order valence-corrected chi connectivity index (χ3v) is 5.40. The van der Waals surface area contributed by atoms with E-state index >= 15 is 0 Å². The van der Waals surface area contributed by atoms with Crippen molar-refractivity contribution in [2.45, 2.75) is 70.4 Å². The van der Waals surface area contributed by atoms with Gasteiger partial charge in [0, 0.05) is 12.0 Å². The molecule has 33 heavy (non-hydrogen) atoms. The number of allylic oxidation sites excluding steroid dienone is 5. The van der Waals surface area contributed by atoms with Crippen LogP contribution in [0.1, 0.15) is 46.0 Å². The number of phosphoric acid groups is 1. The number of carbonyl (C=O) groups excluding carboxylic acids is 1. The molecule has 0 radical (unpaired) electrons. The van der Waals surface area contributed by atoms with Gasteiger partial charge in [-0.3, -0.25) is 4.57 Å². The Kier molecular flexibility index (Phi) is 17.2. The largest absolute Gasteiger partial charge is 1.00 e. The fourth-order valence-electron chi connectivity index (χ4n) is 2.94. The van der Waals surface area contributed by atoms with Crippen LogP contribution >= 0.6 is 7.82 Å². The smallest absolute Gasteiger partial charge is 0.756 e. The molecule has 0 aliphatic carbocycles. The molecule has 0 amide bonds. The monoisotopic (exact) mass is 492 g/mol. The minimum Gasteiger partial charge on any atom is -0.756 e. The van der Waals surface area contributed by atoms with Crippen molar-refractivity contribution in [2.24, 2.45) is 5.92 Å². The van der Waals surface area contributed by atoms with Crippen molar-refractivity contribution in [3.8, 4) is 0 Å². The molecule has 180 valence electrons. The maximum Gasteiger partial charge on any atom is 1.00 e. The molecule has 1 aliphatic rings. The molecule has 1 heterocycles. The third-order valence-electron chi connectivity index (χ3n) is 4.86. The van der Waals surface area contributed by atoms with Gasteiger partial charge in [0.05, 0.1) is 12.2 Å². The fourth-order valence-corrected chi connectivity index (χ4v) is 3.56. The zero-order valence-electron chi connectivity index (χ0n) is 19.5. The summed E-state index contributed by atoms with van der Waals surface area (Å²) in [5, 5.41) is 20.2. The van der Waals surface area contributed by atoms with Gasteiger partial charge in [-0.25, -0.2) is 4.79 Å². The van der Waals surface area contributed by atoms with Gasteiger partial charge in [-0.1, -0.05) is 69.2 Å². The zero-order chi connectivity index (χ0) is 24.0. The van der Waals surface area contributed by atoms with Crippen molar-refractivity contribution in [1.82, 2.24) is 0 Å². The Labute approximate surface area is 218 Å². The summed E-state index contributed by atoms with van der Waals surface area (Å²) in [7, 11) is -5.05. The summed E-state index contributed by atoms with van der Waals surface area (Å²) in [4.78, 5) is 31.7. The van der Waals surface area contributed by atoms with Gasteiger partial charge in [0.2, 0.25) is 0 Å². The van der Waals surface area contributed by atoms with E-state index in [9.17, 15) is 24.5 Å². The van der Waals surface area contributed by atoms with E-state index in [0.29, 0.717) is 0 Å². The standard InChI is InChI=1S/C23H35O8P.Na/c1-3-4-5-6-7-8-9-10-11-13-19(24)18(2)21(31-32(27,28)29)14-12-15-22-20(25)16-17-23(26)30-22;/h7-13,15-22,24-25H,3-6,14H2,1-2H3,(H2,27,28,29);/q;+1/p-1/b8-7+,10-9-,13-11-,15-12+;/t18-,19-,20-,21-,22-;/m1./s1. The first kappa shape index (κ1) is 32.2. The van der Waals surface area contributed by atoms with E-state index in [1.807, 2.05) is 12.2 Å². The minimum atomic E-state index is -5.05. The van der Waals surface area contributed by atoms with Crippen LogP contribution in [0, 0.1) is 5.92 Å². The molecule has 0 saturated carbocycles. The number of unbranched alkanes of at least 4 members (excludes halogenated alkanes) is 3. The predicted molar refractivity (Wildman–Crippen MR) is 120 cm³/mol. The van der Waals surface area contributed by atoms with Crippen molar-refractivity contribution >= 4 is 13.8 Å². The molecule has 6 atom stereocenters. The number of cyclic esters (lactones) is 1. The molecule has 1 unspecified atom stereocenters. The van der Waals surface area contributed by atoms with Gasteiger partial charge in [0.15, 0.2) is 0 Å². The van der Waals surface area contributed by atoms with Crippen LogP contribution in [0.4, 0.5) is 0 Å². The number of carbonyl (C=O) groups is 1. The summed E-state index contributed by atoms with van der Waals surface area (Å²) in [6.45, 7) is 3.73. The number of phosphoric ester groups is 1. The van der Waals surface area contributed by atoms with Crippen LogP contribution < -0.4 is 34.5 Å². The molecular weight excluding hydrogens is 458 g/mol. The van der Waals surface area contributed by atoms with Crippen molar-refractivity contribution < 1.29 is 68.2 Å². The molecule has 1 aliphatic heterocycles. The number of rotatable bonds is 14. The van der Waals surface area contributed by atoms with Gasteiger partial charge in [0.1, 0.15) is 12.2 Å². The molecule has 0 aromatic carbocycles. The van der Waals surface area contributed by atoms with Gasteiger partial charge in [-0.15, -0.1) is 0 Å². The molecule has 0 saturated heterocycles. The van der Waals surface area contributed by atoms with E-state index in [4.69, 9.17) is 14.2 Å². The van der Waals surface area contributed by atoms with E-state index in [1.54, 1.807) is 19.1 Å². The maximum atomic E-state index is 11.3. The van der Waals surface area contributed by atoms with E-state index < -0.39 is 44.1 Å². The van der Waals surface area contributed by atoms with Crippen molar-refractivity contribution in [3.05, 3.63) is 60.8 Å². The summed E-state index contributed by atoms with van der Waals surface area (Å²) < 4.78 is 21.0. The number of aliphatic hydroxyl groups excluding tert-OH is 2. The SMILES string of the molecule is CCCCC/C=C/C=C\C=C/[C@@H](O)[C@@H](C)[C@@H](C/C=C/[C@H]1OC(=O)C=C[C@H]1O)OP(=O)([O-])O.[Na+]. The zero-order valence-corrected chi connectivity index (χ0v) is 22.4. The Morgan fingerprint density at radius 2 is 1.94 bits per heavy atom. The second-order valence-corrected chi connectivity index (χ2v) is 8.72. The van der Waals surface area contributed by atoms with Crippen LogP contribution in [-0.2, 0) is 18.6 Å². The molecule has 0 aromatic heterocycles. The van der Waals surface area contributed by atoms with Crippen molar-refractivity contribution in [3.63, 3.8) is 0 Å². The van der Waals surface area contributed by atoms with Crippen LogP contribution in [-0.4, -0.2) is 45.5 Å². The van der Waals surface area contributed by atoms with E-state index in [-0.39, 0.29) is 36.0 Å². The van der Waals surface area contributed by atoms with E-state index in [2.05, 4.69) is 13.0 Å². The topological polar surface area (TPSA) is 136 Å². The number of ether oxygens (including phenoxy) is 1. The summed E-state index contributed by atoms with van der Waals surface area (Å²) >= 11 is 0. The number of aliphatic hydroxyl groups is 2. The third kappa shape index (κ3) is 14.9. The summed E-state index contributed by atoms with van der Waals surface area (Å²) in [6, 6.07) is 0. The molecule has 0 bridgehead atoms. The Balaban J connectivity index is 0.0000102.